The summed E-state index contributed by atoms with van der Waals surface area (Å²) in [6, 6.07) is 3.74. The fourth-order valence-corrected chi connectivity index (χ4v) is 1.49. The van der Waals surface area contributed by atoms with Crippen molar-refractivity contribution < 1.29 is 13.9 Å². The molecular formula is C11H9ClFN5O2. The number of esters is 1. The summed E-state index contributed by atoms with van der Waals surface area (Å²) in [5.74, 6) is -2.37. The number of nitrogens with one attached hydrogen (secondary N) is 2. The summed E-state index contributed by atoms with van der Waals surface area (Å²) in [5.41, 5.74) is 6.69. The summed E-state index contributed by atoms with van der Waals surface area (Å²) in [6.45, 7) is 0. The zero-order valence-electron chi connectivity index (χ0n) is 10.2. The molecule has 0 aliphatic heterocycles. The highest BCUT2D eigenvalue weighted by atomic mass is 35.5. The number of nitrogens with two attached hydrogens (primary N) is 1. The predicted octanol–water partition coefficient (Wildman–Crippen LogP) is 1.49. The molecule has 0 atom stereocenters. The van der Waals surface area contributed by atoms with Gasteiger partial charge in [0.15, 0.2) is 5.84 Å². The predicted molar refractivity (Wildman–Crippen MR) is 71.3 cm³/mol. The van der Waals surface area contributed by atoms with Crippen molar-refractivity contribution in [3.05, 3.63) is 28.5 Å². The summed E-state index contributed by atoms with van der Waals surface area (Å²) in [6.07, 6.45) is 0. The Bertz CT molecular complexity index is 615. The molecule has 9 heteroatoms. The summed E-state index contributed by atoms with van der Waals surface area (Å²) in [5, 5.41) is 19.0. The molecule has 7 nitrogen and oxygen atoms in total. The third kappa shape index (κ3) is 3.43. The van der Waals surface area contributed by atoms with Crippen LogP contribution in [0.25, 0.3) is 0 Å². The van der Waals surface area contributed by atoms with E-state index in [9.17, 15) is 9.18 Å². The van der Waals surface area contributed by atoms with E-state index in [4.69, 9.17) is 28.0 Å². The van der Waals surface area contributed by atoms with Gasteiger partial charge in [0.05, 0.1) is 17.8 Å². The Morgan fingerprint density at radius 1 is 1.65 bits per heavy atom. The Hall–Kier alpha value is -2.66. The van der Waals surface area contributed by atoms with Crippen LogP contribution in [0.2, 0.25) is 5.02 Å². The fraction of sp³-hybridized carbons (Fsp3) is 0.0909. The number of hydrogen-bond donors (Lipinski definition) is 3. The molecule has 0 bridgehead atoms. The van der Waals surface area contributed by atoms with Crippen molar-refractivity contribution in [3.63, 3.8) is 0 Å². The molecule has 1 rings (SSSR count). The van der Waals surface area contributed by atoms with Crippen molar-refractivity contribution in [1.29, 1.82) is 10.7 Å². The van der Waals surface area contributed by atoms with E-state index >= 15 is 0 Å². The van der Waals surface area contributed by atoms with Crippen molar-refractivity contribution in [1.82, 2.24) is 0 Å². The van der Waals surface area contributed by atoms with Gasteiger partial charge < -0.3 is 10.5 Å². The quantitative estimate of drug-likeness (QED) is 0.336. The van der Waals surface area contributed by atoms with E-state index in [0.29, 0.717) is 0 Å². The maximum absolute atomic E-state index is 13.7. The second-order valence-corrected chi connectivity index (χ2v) is 3.81. The first kappa shape index (κ1) is 15.4. The molecule has 0 saturated heterocycles. The van der Waals surface area contributed by atoms with E-state index in [1.54, 1.807) is 6.07 Å². The number of hydrogen-bond acceptors (Lipinski definition) is 6. The van der Waals surface area contributed by atoms with E-state index in [2.05, 4.69) is 15.3 Å². The molecule has 20 heavy (non-hydrogen) atoms. The van der Waals surface area contributed by atoms with Crippen molar-refractivity contribution in [2.24, 2.45) is 10.8 Å². The maximum atomic E-state index is 13.7. The molecule has 104 valence electrons. The monoisotopic (exact) mass is 297 g/mol. The number of benzene rings is 1. The number of hydrazone groups is 1. The standard InChI is InChI=1S/C11H9ClFN5O2/c1-20-11(19)9-6(12)2-5(3-7(9)13)17-18-8(4-14)10(15)16/h2-3,17H,1H3,(H3,15,16)/b18-8+. The second kappa shape index (κ2) is 6.49. The Balaban J connectivity index is 3.10. The van der Waals surface area contributed by atoms with Crippen LogP contribution >= 0.6 is 11.6 Å². The van der Waals surface area contributed by atoms with Crippen molar-refractivity contribution in [3.8, 4) is 6.07 Å². The molecule has 0 heterocycles. The molecule has 1 aromatic rings. The first-order valence-electron chi connectivity index (χ1n) is 5.06. The molecule has 0 spiro atoms. The summed E-state index contributed by atoms with van der Waals surface area (Å²) >= 11 is 5.76. The number of methoxy groups -OCH3 is 1. The molecule has 0 aliphatic rings. The van der Waals surface area contributed by atoms with Crippen LogP contribution in [0.4, 0.5) is 10.1 Å². The van der Waals surface area contributed by atoms with Crippen LogP contribution in [0, 0.1) is 22.6 Å². The lowest BCUT2D eigenvalue weighted by atomic mass is 10.2. The molecule has 0 saturated carbocycles. The summed E-state index contributed by atoms with van der Waals surface area (Å²) in [7, 11) is 1.10. The number of amidine groups is 1. The van der Waals surface area contributed by atoms with Gasteiger partial charge in [-0.15, -0.1) is 0 Å². The van der Waals surface area contributed by atoms with Gasteiger partial charge in [-0.25, -0.2) is 9.18 Å². The average molecular weight is 298 g/mol. The van der Waals surface area contributed by atoms with Gasteiger partial charge in [-0.05, 0) is 12.1 Å². The lowest BCUT2D eigenvalue weighted by Gasteiger charge is -2.07. The van der Waals surface area contributed by atoms with E-state index in [-0.39, 0.29) is 16.4 Å². The van der Waals surface area contributed by atoms with Gasteiger partial charge in [0, 0.05) is 0 Å². The van der Waals surface area contributed by atoms with Crippen LogP contribution in [0.5, 0.6) is 0 Å². The van der Waals surface area contributed by atoms with Gasteiger partial charge in [-0.1, -0.05) is 11.6 Å². The van der Waals surface area contributed by atoms with Crippen molar-refractivity contribution >= 4 is 34.8 Å². The van der Waals surface area contributed by atoms with Gasteiger partial charge >= 0.3 is 5.97 Å². The lowest BCUT2D eigenvalue weighted by molar-refractivity contribution is 0.0596. The zero-order chi connectivity index (χ0) is 15.3. The second-order valence-electron chi connectivity index (χ2n) is 3.40. The van der Waals surface area contributed by atoms with Crippen LogP contribution in [-0.4, -0.2) is 24.6 Å². The number of rotatable bonds is 4. The van der Waals surface area contributed by atoms with Crippen LogP contribution in [-0.2, 0) is 4.74 Å². The highest BCUT2D eigenvalue weighted by Gasteiger charge is 2.18. The molecule has 1 aromatic carbocycles. The van der Waals surface area contributed by atoms with Gasteiger partial charge in [-0.3, -0.25) is 10.8 Å². The topological polar surface area (TPSA) is 124 Å². The summed E-state index contributed by atoms with van der Waals surface area (Å²) < 4.78 is 18.1. The molecule has 0 fully saturated rings. The molecule has 0 unspecified atom stereocenters. The van der Waals surface area contributed by atoms with Crippen molar-refractivity contribution in [2.45, 2.75) is 0 Å². The minimum atomic E-state index is -0.914. The minimum absolute atomic E-state index is 0.0779. The largest absolute Gasteiger partial charge is 0.465 e. The van der Waals surface area contributed by atoms with Crippen LogP contribution in [0.3, 0.4) is 0 Å². The zero-order valence-corrected chi connectivity index (χ0v) is 11.0. The average Bonchev–Trinajstić information content (AvgIpc) is 2.37. The number of nitriles is 1. The minimum Gasteiger partial charge on any atom is -0.465 e. The maximum Gasteiger partial charge on any atom is 0.342 e. The molecular weight excluding hydrogens is 289 g/mol. The Labute approximate surface area is 118 Å². The number of halogens is 2. The third-order valence-corrected chi connectivity index (χ3v) is 2.39. The number of ether oxygens (including phenoxy) is 1. The van der Waals surface area contributed by atoms with E-state index < -0.39 is 23.2 Å². The molecule has 4 N–H and O–H groups in total. The Morgan fingerprint density at radius 2 is 2.30 bits per heavy atom. The van der Waals surface area contributed by atoms with Gasteiger partial charge in [0.1, 0.15) is 17.4 Å². The third-order valence-electron chi connectivity index (χ3n) is 2.09. The molecule has 0 aromatic heterocycles. The Morgan fingerprint density at radius 3 is 2.75 bits per heavy atom. The first-order chi connectivity index (χ1) is 9.40. The van der Waals surface area contributed by atoms with Gasteiger partial charge in [-0.2, -0.15) is 10.4 Å². The van der Waals surface area contributed by atoms with Gasteiger partial charge in [0.2, 0.25) is 5.71 Å². The van der Waals surface area contributed by atoms with E-state index in [1.807, 2.05) is 0 Å². The number of nitrogens with zero attached hydrogens (tertiary/aromatic N) is 2. The SMILES string of the molecule is COC(=O)c1c(F)cc(N/N=C(\C#N)C(=N)N)cc1Cl. The first-order valence-corrected chi connectivity index (χ1v) is 5.44. The Kier molecular flexibility index (Phi) is 5.00. The number of carbonyl (C=O) groups excluding carboxylic acids is 1. The van der Waals surface area contributed by atoms with Crippen molar-refractivity contribution in [2.75, 3.05) is 12.5 Å². The molecule has 0 radical (unpaired) electrons. The smallest absolute Gasteiger partial charge is 0.342 e. The lowest BCUT2D eigenvalue weighted by Crippen LogP contribution is -2.21. The fourth-order valence-electron chi connectivity index (χ4n) is 1.20. The van der Waals surface area contributed by atoms with Crippen LogP contribution < -0.4 is 11.2 Å². The molecule has 0 amide bonds. The highest BCUT2D eigenvalue weighted by Crippen LogP contribution is 2.25. The highest BCUT2D eigenvalue weighted by molar-refractivity contribution is 6.45. The van der Waals surface area contributed by atoms with Crippen LogP contribution in [0.1, 0.15) is 10.4 Å². The normalized spacial score (nSPS) is 10.6. The molecule has 0 aliphatic carbocycles. The number of anilines is 1. The number of carbonyl (C=O) groups is 1. The summed E-state index contributed by atoms with van der Waals surface area (Å²) in [4.78, 5) is 11.3. The van der Waals surface area contributed by atoms with Gasteiger partial charge in [0.25, 0.3) is 0 Å². The van der Waals surface area contributed by atoms with E-state index in [1.165, 1.54) is 6.07 Å². The van der Waals surface area contributed by atoms with Crippen LogP contribution in [0.15, 0.2) is 17.2 Å². The van der Waals surface area contributed by atoms with E-state index in [0.717, 1.165) is 13.2 Å².